The van der Waals surface area contributed by atoms with Crippen LogP contribution in [-0.2, 0) is 14.4 Å². The van der Waals surface area contributed by atoms with E-state index in [1.165, 1.54) is 18.6 Å². The van der Waals surface area contributed by atoms with Crippen LogP contribution in [0.15, 0.2) is 18.6 Å². The van der Waals surface area contributed by atoms with Crippen LogP contribution in [0.25, 0.3) is 0 Å². The van der Waals surface area contributed by atoms with Gasteiger partial charge in [-0.2, -0.15) is 5.26 Å². The number of carbonyl (C=O) groups is 4. The minimum atomic E-state index is -0.550. The van der Waals surface area contributed by atoms with Gasteiger partial charge in [0.15, 0.2) is 0 Å². The molecule has 1 aromatic heterocycles. The molecule has 2 aliphatic heterocycles. The van der Waals surface area contributed by atoms with Gasteiger partial charge in [0.1, 0.15) is 11.7 Å². The van der Waals surface area contributed by atoms with Crippen LogP contribution >= 0.6 is 0 Å². The molecule has 1 aromatic rings. The molecule has 0 radical (unpaired) electrons. The first-order valence-corrected chi connectivity index (χ1v) is 12.6. The van der Waals surface area contributed by atoms with Crippen molar-refractivity contribution in [3.8, 4) is 6.07 Å². The normalized spacial score (nSPS) is 20.3. The third-order valence-corrected chi connectivity index (χ3v) is 6.08. The summed E-state index contributed by atoms with van der Waals surface area (Å²) in [7, 11) is 0. The van der Waals surface area contributed by atoms with Crippen LogP contribution in [0, 0.1) is 34.5 Å². The Balaban J connectivity index is 0.000000346. The fourth-order valence-electron chi connectivity index (χ4n) is 3.65. The Labute approximate surface area is 219 Å². The highest BCUT2D eigenvalue weighted by molar-refractivity contribution is 5.94. The van der Waals surface area contributed by atoms with Crippen molar-refractivity contribution in [2.24, 2.45) is 23.2 Å². The Morgan fingerprint density at radius 1 is 1.32 bits per heavy atom. The maximum Gasteiger partial charge on any atom is 0.271 e. The maximum atomic E-state index is 12.1. The fraction of sp³-hybridized carbons (Fsp3) is 0.654. The van der Waals surface area contributed by atoms with Crippen molar-refractivity contribution in [1.82, 2.24) is 30.8 Å². The maximum absolute atomic E-state index is 12.1. The SMILES string of the molecule is CC(C)C.CC1CN(C(=O)CNC(=O)c2cnccn2)CC1(C)C.N#CC(CC1CCNC1=O)NC=O. The highest BCUT2D eigenvalue weighted by atomic mass is 16.2. The van der Waals surface area contributed by atoms with Crippen molar-refractivity contribution in [1.29, 1.82) is 5.26 Å². The molecule has 3 rings (SSSR count). The first-order chi connectivity index (χ1) is 17.4. The molecular weight excluding hydrogens is 474 g/mol. The predicted octanol–water partition coefficient (Wildman–Crippen LogP) is 1.52. The Morgan fingerprint density at radius 3 is 2.46 bits per heavy atom. The molecule has 3 unspecified atom stereocenters. The average molecular weight is 516 g/mol. The predicted molar refractivity (Wildman–Crippen MR) is 139 cm³/mol. The second-order valence-electron chi connectivity index (χ2n) is 10.6. The molecular formula is C26H41N7O4. The molecule has 3 N–H and O–H groups in total. The standard InChI is InChI=1S/C14H20N4O2.C8H11N3O2.C4H10/c1-10-8-18(9-14(10,2)3)12(19)7-17-13(20)11-6-15-4-5-16-11;9-4-7(11-5-12)3-6-1-2-10-8(6)13;1-4(2)3/h4-6,10H,7-9H2,1-3H3,(H,17,20);5-7H,1-3H2,(H,10,13)(H,11,12);4H,1-3H3. The van der Waals surface area contributed by atoms with Crippen LogP contribution in [0.4, 0.5) is 0 Å². The number of hydrogen-bond acceptors (Lipinski definition) is 7. The minimum Gasteiger partial charge on any atom is -0.356 e. The topological polar surface area (TPSA) is 157 Å². The number of carbonyl (C=O) groups excluding carboxylic acids is 4. The summed E-state index contributed by atoms with van der Waals surface area (Å²) in [6, 6.07) is 1.38. The van der Waals surface area contributed by atoms with Gasteiger partial charge in [-0.25, -0.2) is 4.98 Å². The highest BCUT2D eigenvalue weighted by Crippen LogP contribution is 2.34. The van der Waals surface area contributed by atoms with Crippen molar-refractivity contribution in [3.63, 3.8) is 0 Å². The largest absolute Gasteiger partial charge is 0.356 e. The summed E-state index contributed by atoms with van der Waals surface area (Å²) in [5.41, 5.74) is 0.348. The second kappa shape index (κ2) is 15.5. The molecule has 2 fully saturated rings. The lowest BCUT2D eigenvalue weighted by Crippen LogP contribution is -2.39. The van der Waals surface area contributed by atoms with Gasteiger partial charge in [-0.15, -0.1) is 0 Å². The van der Waals surface area contributed by atoms with E-state index >= 15 is 0 Å². The first kappa shape index (κ1) is 31.5. The first-order valence-electron chi connectivity index (χ1n) is 12.6. The summed E-state index contributed by atoms with van der Waals surface area (Å²) in [4.78, 5) is 54.5. The number of nitrogens with zero attached hydrogens (tertiary/aromatic N) is 4. The summed E-state index contributed by atoms with van der Waals surface area (Å²) in [5.74, 6) is 0.713. The van der Waals surface area contributed by atoms with Crippen molar-refractivity contribution in [3.05, 3.63) is 24.3 Å². The van der Waals surface area contributed by atoms with Gasteiger partial charge in [-0.3, -0.25) is 24.2 Å². The van der Waals surface area contributed by atoms with Gasteiger partial charge in [-0.1, -0.05) is 41.5 Å². The van der Waals surface area contributed by atoms with Crippen LogP contribution in [0.2, 0.25) is 0 Å². The summed E-state index contributed by atoms with van der Waals surface area (Å²) in [5, 5.41) is 16.2. The number of likely N-dealkylation sites (tertiary alicyclic amines) is 1. The van der Waals surface area contributed by atoms with Gasteiger partial charge in [0, 0.05) is 37.9 Å². The smallest absolute Gasteiger partial charge is 0.271 e. The summed E-state index contributed by atoms with van der Waals surface area (Å²) in [6.07, 6.45) is 5.96. The minimum absolute atomic E-state index is 0.00178. The Bertz CT molecular complexity index is 928. The van der Waals surface area contributed by atoms with Crippen LogP contribution in [0.5, 0.6) is 0 Å². The van der Waals surface area contributed by atoms with E-state index < -0.39 is 6.04 Å². The molecule has 0 spiro atoms. The Kier molecular flexibility index (Phi) is 13.2. The van der Waals surface area contributed by atoms with E-state index in [9.17, 15) is 19.2 Å². The molecule has 11 nitrogen and oxygen atoms in total. The van der Waals surface area contributed by atoms with Gasteiger partial charge in [0.05, 0.1) is 18.8 Å². The second-order valence-corrected chi connectivity index (χ2v) is 10.6. The van der Waals surface area contributed by atoms with Crippen molar-refractivity contribution >= 4 is 24.1 Å². The van der Waals surface area contributed by atoms with Gasteiger partial charge >= 0.3 is 0 Å². The number of hydrogen-bond donors (Lipinski definition) is 3. The van der Waals surface area contributed by atoms with E-state index in [1.54, 1.807) is 0 Å². The van der Waals surface area contributed by atoms with Crippen LogP contribution in [0.3, 0.4) is 0 Å². The summed E-state index contributed by atoms with van der Waals surface area (Å²) < 4.78 is 0. The quantitative estimate of drug-likeness (QED) is 0.465. The number of nitrogens with one attached hydrogen (secondary N) is 3. The molecule has 4 amide bonds. The molecule has 204 valence electrons. The highest BCUT2D eigenvalue weighted by Gasteiger charge is 2.38. The van der Waals surface area contributed by atoms with Crippen molar-refractivity contribution < 1.29 is 19.2 Å². The molecule has 11 heteroatoms. The van der Waals surface area contributed by atoms with E-state index in [4.69, 9.17) is 5.26 Å². The third-order valence-electron chi connectivity index (χ3n) is 6.08. The average Bonchev–Trinajstić information content (AvgIpc) is 3.38. The number of amides is 4. The van der Waals surface area contributed by atoms with E-state index in [-0.39, 0.29) is 41.3 Å². The lowest BCUT2D eigenvalue weighted by molar-refractivity contribution is -0.129. The third kappa shape index (κ3) is 11.4. The van der Waals surface area contributed by atoms with Gasteiger partial charge < -0.3 is 20.9 Å². The molecule has 2 aliphatic rings. The lowest BCUT2D eigenvalue weighted by Gasteiger charge is -2.22. The van der Waals surface area contributed by atoms with E-state index in [0.717, 1.165) is 25.4 Å². The molecule has 37 heavy (non-hydrogen) atoms. The fourth-order valence-corrected chi connectivity index (χ4v) is 3.65. The molecule has 0 aromatic carbocycles. The zero-order valence-electron chi connectivity index (χ0n) is 22.8. The van der Waals surface area contributed by atoms with Crippen molar-refractivity contribution in [2.75, 3.05) is 26.2 Å². The molecule has 2 saturated heterocycles. The monoisotopic (exact) mass is 515 g/mol. The summed E-state index contributed by atoms with van der Waals surface area (Å²) in [6.45, 7) is 15.1. The van der Waals surface area contributed by atoms with E-state index in [2.05, 4.69) is 67.5 Å². The number of rotatable bonds is 7. The molecule has 3 heterocycles. The Morgan fingerprint density at radius 2 is 2.00 bits per heavy atom. The van der Waals surface area contributed by atoms with Gasteiger partial charge in [0.2, 0.25) is 18.2 Å². The lowest BCUT2D eigenvalue weighted by atomic mass is 9.84. The molecule has 3 atom stereocenters. The van der Waals surface area contributed by atoms with Gasteiger partial charge in [0.25, 0.3) is 5.91 Å². The van der Waals surface area contributed by atoms with E-state index in [1.807, 2.05) is 11.0 Å². The molecule has 0 aliphatic carbocycles. The number of nitriles is 1. The van der Waals surface area contributed by atoms with Crippen LogP contribution < -0.4 is 16.0 Å². The van der Waals surface area contributed by atoms with Gasteiger partial charge in [-0.05, 0) is 30.1 Å². The van der Waals surface area contributed by atoms with Crippen molar-refractivity contribution in [2.45, 2.75) is 60.4 Å². The van der Waals surface area contributed by atoms with Crippen LogP contribution in [0.1, 0.15) is 64.9 Å². The number of aromatic nitrogens is 2. The summed E-state index contributed by atoms with van der Waals surface area (Å²) >= 11 is 0. The molecule has 0 saturated carbocycles. The zero-order valence-corrected chi connectivity index (χ0v) is 22.8. The Hall–Kier alpha value is -3.55. The van der Waals surface area contributed by atoms with Crippen LogP contribution in [-0.4, -0.2) is 71.2 Å². The molecule has 0 bridgehead atoms. The zero-order chi connectivity index (χ0) is 28.0. The van der Waals surface area contributed by atoms with E-state index in [0.29, 0.717) is 25.3 Å².